The van der Waals surface area contributed by atoms with Crippen molar-refractivity contribution in [3.63, 3.8) is 0 Å². The molecule has 2 rings (SSSR count). The van der Waals surface area contributed by atoms with Crippen LogP contribution in [0.3, 0.4) is 0 Å². The maximum absolute atomic E-state index is 13.7. The maximum atomic E-state index is 13.7. The van der Waals surface area contributed by atoms with Gasteiger partial charge in [-0.05, 0) is 37.6 Å². The second-order valence-corrected chi connectivity index (χ2v) is 5.20. The molecule has 1 aliphatic heterocycles. The first-order chi connectivity index (χ1) is 9.15. The van der Waals surface area contributed by atoms with Crippen LogP contribution >= 0.6 is 0 Å². The van der Waals surface area contributed by atoms with Gasteiger partial charge in [0.25, 0.3) is 0 Å². The third kappa shape index (κ3) is 2.95. The van der Waals surface area contributed by atoms with Crippen LogP contribution in [0.15, 0.2) is 40.6 Å². The monoisotopic (exact) mass is 264 g/mol. The molecule has 0 amide bonds. The summed E-state index contributed by atoms with van der Waals surface area (Å²) >= 11 is 0. The molecule has 1 aliphatic carbocycles. The average molecular weight is 264 g/mol. The Kier molecular flexibility index (Phi) is 4.53. The molecule has 0 aromatic carbocycles. The summed E-state index contributed by atoms with van der Waals surface area (Å²) in [7, 11) is 1.75. The van der Waals surface area contributed by atoms with E-state index in [9.17, 15) is 9.50 Å². The lowest BCUT2D eigenvalue weighted by Gasteiger charge is -2.35. The summed E-state index contributed by atoms with van der Waals surface area (Å²) in [5.74, 6) is -0.0792. The molecule has 0 radical (unpaired) electrons. The van der Waals surface area contributed by atoms with Crippen LogP contribution in [0.2, 0.25) is 0 Å². The normalized spacial score (nSPS) is 25.0. The molecule has 0 aromatic heterocycles. The van der Waals surface area contributed by atoms with Crippen molar-refractivity contribution in [3.8, 4) is 0 Å². The van der Waals surface area contributed by atoms with Gasteiger partial charge in [-0.15, -0.1) is 0 Å². The number of nitrogens with zero attached hydrogens (tertiary/aromatic N) is 2. The zero-order valence-electron chi connectivity index (χ0n) is 11.3. The van der Waals surface area contributed by atoms with E-state index in [0.717, 1.165) is 18.5 Å². The molecule has 1 N–H and O–H groups in total. The SMILES string of the molecule is C=N/C=C1/C(F)=CC=C(C(O)C2CCCCC2)N1C. The largest absolute Gasteiger partial charge is 0.387 e. The van der Waals surface area contributed by atoms with E-state index in [4.69, 9.17) is 0 Å². The van der Waals surface area contributed by atoms with Crippen molar-refractivity contribution in [2.24, 2.45) is 10.9 Å². The van der Waals surface area contributed by atoms with Crippen molar-refractivity contribution in [1.29, 1.82) is 0 Å². The Labute approximate surface area is 113 Å². The number of likely N-dealkylation sites (N-methyl/N-ethyl adjacent to an activating group) is 1. The van der Waals surface area contributed by atoms with E-state index in [2.05, 4.69) is 11.7 Å². The van der Waals surface area contributed by atoms with Crippen LogP contribution in [0.25, 0.3) is 0 Å². The molecular weight excluding hydrogens is 243 g/mol. The first kappa shape index (κ1) is 14.0. The van der Waals surface area contributed by atoms with Crippen LogP contribution < -0.4 is 0 Å². The molecule has 19 heavy (non-hydrogen) atoms. The molecule has 1 fully saturated rings. The summed E-state index contributed by atoms with van der Waals surface area (Å²) in [6.07, 6.45) is 9.55. The van der Waals surface area contributed by atoms with Gasteiger partial charge in [-0.2, -0.15) is 0 Å². The van der Waals surface area contributed by atoms with Gasteiger partial charge in [-0.1, -0.05) is 19.3 Å². The minimum absolute atomic E-state index is 0.273. The van der Waals surface area contributed by atoms with Gasteiger partial charge in [-0.25, -0.2) is 4.39 Å². The first-order valence-electron chi connectivity index (χ1n) is 6.80. The van der Waals surface area contributed by atoms with Crippen molar-refractivity contribution in [2.75, 3.05) is 7.05 Å². The molecule has 1 unspecified atom stereocenters. The van der Waals surface area contributed by atoms with Crippen LogP contribution in [-0.2, 0) is 0 Å². The van der Waals surface area contributed by atoms with Crippen molar-refractivity contribution in [1.82, 2.24) is 4.90 Å². The highest BCUT2D eigenvalue weighted by molar-refractivity contribution is 5.39. The molecule has 1 heterocycles. The molecule has 104 valence electrons. The van der Waals surface area contributed by atoms with Gasteiger partial charge in [0.2, 0.25) is 0 Å². The highest BCUT2D eigenvalue weighted by Gasteiger charge is 2.29. The molecule has 0 bridgehead atoms. The van der Waals surface area contributed by atoms with Crippen molar-refractivity contribution < 1.29 is 9.50 Å². The number of hydrogen-bond acceptors (Lipinski definition) is 3. The summed E-state index contributed by atoms with van der Waals surface area (Å²) < 4.78 is 13.7. The number of aliphatic imine (C=N–C) groups is 1. The molecule has 2 aliphatic rings. The van der Waals surface area contributed by atoms with E-state index in [1.54, 1.807) is 18.0 Å². The zero-order valence-corrected chi connectivity index (χ0v) is 11.3. The topological polar surface area (TPSA) is 35.8 Å². The quantitative estimate of drug-likeness (QED) is 0.795. The molecular formula is C15H21FN2O. The summed E-state index contributed by atoms with van der Waals surface area (Å²) in [6.45, 7) is 3.35. The molecule has 0 spiro atoms. The Morgan fingerprint density at radius 1 is 1.42 bits per heavy atom. The molecule has 3 nitrogen and oxygen atoms in total. The van der Waals surface area contributed by atoms with Crippen molar-refractivity contribution in [3.05, 3.63) is 35.6 Å². The lowest BCUT2D eigenvalue weighted by atomic mass is 9.83. The van der Waals surface area contributed by atoms with Crippen LogP contribution in [0.1, 0.15) is 32.1 Å². The van der Waals surface area contributed by atoms with Gasteiger partial charge in [0, 0.05) is 12.7 Å². The lowest BCUT2D eigenvalue weighted by molar-refractivity contribution is 0.0947. The lowest BCUT2D eigenvalue weighted by Crippen LogP contribution is -2.34. The predicted molar refractivity (Wildman–Crippen MR) is 75.3 cm³/mol. The number of halogens is 1. The van der Waals surface area contributed by atoms with Gasteiger partial charge in [0.05, 0.1) is 18.0 Å². The van der Waals surface area contributed by atoms with Gasteiger partial charge in [-0.3, -0.25) is 4.99 Å². The minimum Gasteiger partial charge on any atom is -0.387 e. The molecule has 1 atom stereocenters. The number of aliphatic hydroxyl groups is 1. The predicted octanol–water partition coefficient (Wildman–Crippen LogP) is 3.15. The van der Waals surface area contributed by atoms with E-state index in [0.29, 0.717) is 5.70 Å². The van der Waals surface area contributed by atoms with E-state index < -0.39 is 6.10 Å². The number of hydrogen-bond donors (Lipinski definition) is 1. The van der Waals surface area contributed by atoms with Gasteiger partial charge < -0.3 is 10.0 Å². The number of allylic oxidation sites excluding steroid dienone is 3. The van der Waals surface area contributed by atoms with Gasteiger partial charge in [0.15, 0.2) is 0 Å². The molecule has 0 aromatic rings. The van der Waals surface area contributed by atoms with Crippen molar-refractivity contribution >= 4 is 6.72 Å². The fraction of sp³-hybridized carbons (Fsp3) is 0.533. The van der Waals surface area contributed by atoms with E-state index in [1.807, 2.05) is 0 Å². The summed E-state index contributed by atoms with van der Waals surface area (Å²) in [4.78, 5) is 5.29. The van der Waals surface area contributed by atoms with Crippen molar-refractivity contribution in [2.45, 2.75) is 38.2 Å². The average Bonchev–Trinajstić information content (AvgIpc) is 2.44. The number of rotatable bonds is 3. The summed E-state index contributed by atoms with van der Waals surface area (Å²) in [5, 5.41) is 10.5. The minimum atomic E-state index is -0.539. The van der Waals surface area contributed by atoms with Crippen LogP contribution in [0, 0.1) is 5.92 Å². The standard InChI is InChI=1S/C15H21FN2O/c1-17-10-14-12(16)8-9-13(18(14)2)15(19)11-6-4-3-5-7-11/h8-11,15,19H,1,3-7H2,2H3/b14-10-. The Bertz CT molecular complexity index is 433. The van der Waals surface area contributed by atoms with Crippen LogP contribution in [0.5, 0.6) is 0 Å². The molecule has 0 saturated heterocycles. The van der Waals surface area contributed by atoms with Gasteiger partial charge >= 0.3 is 0 Å². The summed E-state index contributed by atoms with van der Waals surface area (Å²) in [5.41, 5.74) is 1.09. The number of aliphatic hydroxyl groups excluding tert-OH is 1. The Morgan fingerprint density at radius 3 is 2.74 bits per heavy atom. The van der Waals surface area contributed by atoms with Gasteiger partial charge in [0.1, 0.15) is 5.83 Å². The third-order valence-corrected chi connectivity index (χ3v) is 4.01. The summed E-state index contributed by atoms with van der Waals surface area (Å²) in [6, 6.07) is 0. The fourth-order valence-corrected chi connectivity index (χ4v) is 2.88. The zero-order chi connectivity index (χ0) is 13.8. The second kappa shape index (κ2) is 6.15. The Hall–Kier alpha value is -1.42. The van der Waals surface area contributed by atoms with Crippen LogP contribution in [0.4, 0.5) is 4.39 Å². The van der Waals surface area contributed by atoms with Crippen LogP contribution in [-0.4, -0.2) is 29.9 Å². The molecule has 4 heteroatoms. The fourth-order valence-electron chi connectivity index (χ4n) is 2.88. The second-order valence-electron chi connectivity index (χ2n) is 5.20. The smallest absolute Gasteiger partial charge is 0.148 e. The Balaban J connectivity index is 2.19. The maximum Gasteiger partial charge on any atom is 0.148 e. The Morgan fingerprint density at radius 2 is 2.11 bits per heavy atom. The molecule has 1 saturated carbocycles. The highest BCUT2D eigenvalue weighted by atomic mass is 19.1. The first-order valence-corrected chi connectivity index (χ1v) is 6.80. The third-order valence-electron chi connectivity index (χ3n) is 4.01. The van der Waals surface area contributed by atoms with E-state index in [1.165, 1.54) is 31.5 Å². The van der Waals surface area contributed by atoms with E-state index in [-0.39, 0.29) is 11.7 Å². The highest BCUT2D eigenvalue weighted by Crippen LogP contribution is 2.34. The van der Waals surface area contributed by atoms with E-state index >= 15 is 0 Å².